The highest BCUT2D eigenvalue weighted by atomic mass is 16.5. The molecule has 1 atom stereocenters. The SMILES string of the molecule is CCOC(=O)[C@@H](NC(=O)NC(C)C)C(C)C. The predicted molar refractivity (Wildman–Crippen MR) is 62.1 cm³/mol. The molecule has 94 valence electrons. The lowest BCUT2D eigenvalue weighted by molar-refractivity contribution is -0.146. The smallest absolute Gasteiger partial charge is 0.328 e. The van der Waals surface area contributed by atoms with Crippen molar-refractivity contribution in [2.45, 2.75) is 46.7 Å². The zero-order valence-electron chi connectivity index (χ0n) is 10.7. The summed E-state index contributed by atoms with van der Waals surface area (Å²) in [5, 5.41) is 5.28. The van der Waals surface area contributed by atoms with E-state index in [1.807, 2.05) is 27.7 Å². The minimum absolute atomic E-state index is 0.00281. The summed E-state index contributed by atoms with van der Waals surface area (Å²) in [5.74, 6) is -0.395. The van der Waals surface area contributed by atoms with Gasteiger partial charge in [-0.25, -0.2) is 9.59 Å². The highest BCUT2D eigenvalue weighted by Crippen LogP contribution is 2.03. The molecule has 0 aromatic carbocycles. The molecule has 0 saturated carbocycles. The molecule has 0 fully saturated rings. The molecule has 5 nitrogen and oxygen atoms in total. The van der Waals surface area contributed by atoms with E-state index in [-0.39, 0.29) is 18.0 Å². The number of urea groups is 1. The molecule has 0 bridgehead atoms. The maximum absolute atomic E-state index is 11.5. The average Bonchev–Trinajstić information content (AvgIpc) is 2.12. The van der Waals surface area contributed by atoms with Crippen molar-refractivity contribution in [2.75, 3.05) is 6.61 Å². The van der Waals surface area contributed by atoms with Crippen LogP contribution in [0.4, 0.5) is 4.79 Å². The molecule has 0 aromatic rings. The Hall–Kier alpha value is -1.26. The first-order valence-corrected chi connectivity index (χ1v) is 5.62. The highest BCUT2D eigenvalue weighted by Gasteiger charge is 2.25. The third-order valence-corrected chi connectivity index (χ3v) is 1.91. The molecule has 0 heterocycles. The van der Waals surface area contributed by atoms with E-state index in [2.05, 4.69) is 10.6 Å². The van der Waals surface area contributed by atoms with Gasteiger partial charge in [-0.15, -0.1) is 0 Å². The number of nitrogens with one attached hydrogen (secondary N) is 2. The fourth-order valence-electron chi connectivity index (χ4n) is 1.17. The summed E-state index contributed by atoms with van der Waals surface area (Å²) in [4.78, 5) is 23.0. The van der Waals surface area contributed by atoms with E-state index in [0.29, 0.717) is 6.61 Å². The summed E-state index contributed by atoms with van der Waals surface area (Å²) in [7, 11) is 0. The van der Waals surface area contributed by atoms with Crippen molar-refractivity contribution in [3.05, 3.63) is 0 Å². The van der Waals surface area contributed by atoms with Crippen LogP contribution in [0.25, 0.3) is 0 Å². The van der Waals surface area contributed by atoms with Crippen LogP contribution >= 0.6 is 0 Å². The van der Waals surface area contributed by atoms with Gasteiger partial charge in [-0.1, -0.05) is 13.8 Å². The second-order valence-corrected chi connectivity index (χ2v) is 4.25. The molecule has 0 spiro atoms. The van der Waals surface area contributed by atoms with Crippen LogP contribution in [0.15, 0.2) is 0 Å². The Kier molecular flexibility index (Phi) is 6.53. The number of hydrogen-bond acceptors (Lipinski definition) is 3. The average molecular weight is 230 g/mol. The first-order valence-electron chi connectivity index (χ1n) is 5.62. The van der Waals surface area contributed by atoms with E-state index >= 15 is 0 Å². The number of esters is 1. The molecule has 0 radical (unpaired) electrons. The van der Waals surface area contributed by atoms with Crippen LogP contribution in [0, 0.1) is 5.92 Å². The van der Waals surface area contributed by atoms with Gasteiger partial charge in [0, 0.05) is 6.04 Å². The number of carbonyl (C=O) groups excluding carboxylic acids is 2. The molecule has 0 aliphatic heterocycles. The van der Waals surface area contributed by atoms with Gasteiger partial charge in [0.15, 0.2) is 0 Å². The molecule has 0 unspecified atom stereocenters. The third-order valence-electron chi connectivity index (χ3n) is 1.91. The maximum Gasteiger partial charge on any atom is 0.328 e. The number of rotatable bonds is 5. The summed E-state index contributed by atoms with van der Waals surface area (Å²) in [5.41, 5.74) is 0. The standard InChI is InChI=1S/C11H22N2O3/c1-6-16-10(14)9(7(2)3)13-11(15)12-8(4)5/h7-9H,6H2,1-5H3,(H2,12,13,15)/t9-/m0/s1. The topological polar surface area (TPSA) is 67.4 Å². The van der Waals surface area contributed by atoms with Crippen LogP contribution in [0.1, 0.15) is 34.6 Å². The van der Waals surface area contributed by atoms with Gasteiger partial charge in [-0.05, 0) is 26.7 Å². The van der Waals surface area contributed by atoms with E-state index in [9.17, 15) is 9.59 Å². The van der Waals surface area contributed by atoms with Crippen LogP contribution in [-0.4, -0.2) is 30.7 Å². The van der Waals surface area contributed by atoms with Crippen molar-refractivity contribution in [1.29, 1.82) is 0 Å². The third kappa shape index (κ3) is 5.58. The predicted octanol–water partition coefficient (Wildman–Crippen LogP) is 1.28. The molecule has 0 aliphatic carbocycles. The second-order valence-electron chi connectivity index (χ2n) is 4.25. The van der Waals surface area contributed by atoms with Gasteiger partial charge in [-0.2, -0.15) is 0 Å². The van der Waals surface area contributed by atoms with E-state index in [4.69, 9.17) is 4.74 Å². The molecular formula is C11H22N2O3. The van der Waals surface area contributed by atoms with Crippen molar-refractivity contribution in [2.24, 2.45) is 5.92 Å². The van der Waals surface area contributed by atoms with Crippen molar-refractivity contribution < 1.29 is 14.3 Å². The van der Waals surface area contributed by atoms with E-state index < -0.39 is 12.0 Å². The van der Waals surface area contributed by atoms with Gasteiger partial charge in [0.1, 0.15) is 6.04 Å². The minimum Gasteiger partial charge on any atom is -0.464 e. The van der Waals surface area contributed by atoms with Gasteiger partial charge in [0.05, 0.1) is 6.61 Å². The fraction of sp³-hybridized carbons (Fsp3) is 0.818. The maximum atomic E-state index is 11.5. The van der Waals surface area contributed by atoms with Gasteiger partial charge in [0.25, 0.3) is 0 Å². The molecule has 5 heteroatoms. The van der Waals surface area contributed by atoms with Crippen LogP contribution in [-0.2, 0) is 9.53 Å². The Morgan fingerprint density at radius 2 is 1.69 bits per heavy atom. The lowest BCUT2D eigenvalue weighted by Crippen LogP contribution is -2.50. The Bertz CT molecular complexity index is 239. The monoisotopic (exact) mass is 230 g/mol. The van der Waals surface area contributed by atoms with Gasteiger partial charge >= 0.3 is 12.0 Å². The zero-order chi connectivity index (χ0) is 12.7. The summed E-state index contributed by atoms with van der Waals surface area (Å²) in [6, 6.07) is -0.907. The van der Waals surface area contributed by atoms with Crippen molar-refractivity contribution in [3.8, 4) is 0 Å². The van der Waals surface area contributed by atoms with Gasteiger partial charge in [-0.3, -0.25) is 0 Å². The van der Waals surface area contributed by atoms with Crippen LogP contribution in [0.5, 0.6) is 0 Å². The quantitative estimate of drug-likeness (QED) is 0.699. The molecule has 16 heavy (non-hydrogen) atoms. The Labute approximate surface area is 96.9 Å². The normalized spacial score (nSPS) is 12.4. The Morgan fingerprint density at radius 3 is 2.06 bits per heavy atom. The van der Waals surface area contributed by atoms with E-state index in [1.165, 1.54) is 0 Å². The lowest BCUT2D eigenvalue weighted by atomic mass is 10.1. The summed E-state index contributed by atoms with van der Waals surface area (Å²) < 4.78 is 4.89. The number of hydrogen-bond donors (Lipinski definition) is 2. The molecule has 2 N–H and O–H groups in total. The molecule has 0 rings (SSSR count). The second kappa shape index (κ2) is 7.09. The number of amides is 2. The first-order chi connectivity index (χ1) is 7.38. The fourth-order valence-corrected chi connectivity index (χ4v) is 1.17. The molecule has 0 saturated heterocycles. The van der Waals surface area contributed by atoms with Crippen molar-refractivity contribution in [3.63, 3.8) is 0 Å². The zero-order valence-corrected chi connectivity index (χ0v) is 10.7. The largest absolute Gasteiger partial charge is 0.464 e. The van der Waals surface area contributed by atoms with Crippen molar-refractivity contribution >= 4 is 12.0 Å². The van der Waals surface area contributed by atoms with Gasteiger partial charge in [0.2, 0.25) is 0 Å². The summed E-state index contributed by atoms with van der Waals surface area (Å²) in [6.45, 7) is 9.48. The lowest BCUT2D eigenvalue weighted by Gasteiger charge is -2.21. The van der Waals surface area contributed by atoms with Crippen LogP contribution < -0.4 is 10.6 Å². The number of carbonyl (C=O) groups is 2. The summed E-state index contributed by atoms with van der Waals surface area (Å²) in [6.07, 6.45) is 0. The minimum atomic E-state index is -0.598. The molecule has 0 aliphatic rings. The molecular weight excluding hydrogens is 208 g/mol. The van der Waals surface area contributed by atoms with E-state index in [1.54, 1.807) is 6.92 Å². The number of ether oxygens (including phenoxy) is 1. The molecule has 0 aromatic heterocycles. The Morgan fingerprint density at radius 1 is 1.12 bits per heavy atom. The van der Waals surface area contributed by atoms with Gasteiger partial charge < -0.3 is 15.4 Å². The Balaban J connectivity index is 4.34. The van der Waals surface area contributed by atoms with Crippen molar-refractivity contribution in [1.82, 2.24) is 10.6 Å². The first kappa shape index (κ1) is 14.7. The highest BCUT2D eigenvalue weighted by molar-refractivity contribution is 5.83. The van der Waals surface area contributed by atoms with Crippen LogP contribution in [0.2, 0.25) is 0 Å². The molecule has 2 amide bonds. The van der Waals surface area contributed by atoms with Crippen LogP contribution in [0.3, 0.4) is 0 Å². The summed E-state index contributed by atoms with van der Waals surface area (Å²) >= 11 is 0. The van der Waals surface area contributed by atoms with E-state index in [0.717, 1.165) is 0 Å².